The minimum atomic E-state index is 0.455. The van der Waals surface area contributed by atoms with Crippen molar-refractivity contribution in [3.05, 3.63) is 145 Å². The first kappa shape index (κ1) is 26.6. The summed E-state index contributed by atoms with van der Waals surface area (Å²) in [5.74, 6) is 1.17. The molecule has 3 nitrogen and oxygen atoms in total. The van der Waals surface area contributed by atoms with Crippen molar-refractivity contribution >= 4 is 54.3 Å². The Kier molecular flexibility index (Phi) is 6.01. The average molecular weight is 591 g/mol. The van der Waals surface area contributed by atoms with Crippen molar-refractivity contribution in [2.45, 2.75) is 19.8 Å². The maximum atomic E-state index is 6.44. The van der Waals surface area contributed by atoms with E-state index in [4.69, 9.17) is 14.4 Å². The van der Waals surface area contributed by atoms with E-state index in [0.717, 1.165) is 44.6 Å². The van der Waals surface area contributed by atoms with Gasteiger partial charge in [0.25, 0.3) is 0 Å². The standard InChI is InChI=1S/C43H30N2O/c1-26(2)29-18-20-41-37(21-29)38-23-35-32-16-10-9-15-31(32)34-22-30(17-19-33(34)36(35)24-42(38)46-41)40-25-39(27-11-5-3-6-12-27)44-43(45-40)28-13-7-4-8-14-28/h3-26H,1-2H3. The largest absolute Gasteiger partial charge is 0.456 e. The number of rotatable bonds is 4. The number of furan rings is 1. The molecule has 0 fully saturated rings. The molecular formula is C43H30N2O. The molecule has 0 aliphatic heterocycles. The summed E-state index contributed by atoms with van der Waals surface area (Å²) in [7, 11) is 0. The smallest absolute Gasteiger partial charge is 0.160 e. The molecule has 0 saturated heterocycles. The lowest BCUT2D eigenvalue weighted by molar-refractivity contribution is 0.669. The van der Waals surface area contributed by atoms with Crippen molar-refractivity contribution in [3.63, 3.8) is 0 Å². The Hall–Kier alpha value is -5.80. The van der Waals surface area contributed by atoms with Crippen LogP contribution in [0.3, 0.4) is 0 Å². The Morgan fingerprint density at radius 3 is 1.72 bits per heavy atom. The van der Waals surface area contributed by atoms with Gasteiger partial charge >= 0.3 is 0 Å². The normalized spacial score (nSPS) is 11.9. The Balaban J connectivity index is 1.30. The highest BCUT2D eigenvalue weighted by atomic mass is 16.3. The van der Waals surface area contributed by atoms with E-state index in [1.165, 1.54) is 43.3 Å². The average Bonchev–Trinajstić information content (AvgIpc) is 3.48. The highest BCUT2D eigenvalue weighted by Gasteiger charge is 2.16. The molecule has 2 aromatic heterocycles. The highest BCUT2D eigenvalue weighted by molar-refractivity contribution is 6.28. The summed E-state index contributed by atoms with van der Waals surface area (Å²) in [6, 6.07) is 49.3. The highest BCUT2D eigenvalue weighted by Crippen LogP contribution is 2.41. The molecule has 0 saturated carbocycles. The first-order chi connectivity index (χ1) is 22.6. The quantitative estimate of drug-likeness (QED) is 0.191. The molecule has 7 aromatic carbocycles. The first-order valence-electron chi connectivity index (χ1n) is 15.9. The second-order valence-corrected chi connectivity index (χ2v) is 12.4. The third-order valence-electron chi connectivity index (χ3n) is 9.24. The van der Waals surface area contributed by atoms with E-state index in [9.17, 15) is 0 Å². The minimum Gasteiger partial charge on any atom is -0.456 e. The number of fused-ring (bicyclic) bond motifs is 9. The van der Waals surface area contributed by atoms with Gasteiger partial charge in [0.15, 0.2) is 5.82 Å². The van der Waals surface area contributed by atoms with E-state index < -0.39 is 0 Å². The lowest BCUT2D eigenvalue weighted by Gasteiger charge is -2.13. The molecular weight excluding hydrogens is 560 g/mol. The topological polar surface area (TPSA) is 38.9 Å². The van der Waals surface area contributed by atoms with Crippen LogP contribution in [0.25, 0.3) is 88.2 Å². The van der Waals surface area contributed by atoms with Gasteiger partial charge in [0, 0.05) is 27.5 Å². The van der Waals surface area contributed by atoms with Crippen LogP contribution < -0.4 is 0 Å². The summed E-state index contributed by atoms with van der Waals surface area (Å²) in [6.45, 7) is 4.47. The van der Waals surface area contributed by atoms with Crippen molar-refractivity contribution in [2.24, 2.45) is 0 Å². The van der Waals surface area contributed by atoms with Crippen LogP contribution in [0.15, 0.2) is 144 Å². The maximum absolute atomic E-state index is 6.44. The SMILES string of the molecule is CC(C)c1ccc2oc3cc4c5ccc(-c6cc(-c7ccccc7)nc(-c7ccccc7)n6)cc5c5ccccc5c4cc3c2c1. The predicted molar refractivity (Wildman–Crippen MR) is 192 cm³/mol. The third-order valence-corrected chi connectivity index (χ3v) is 9.24. The first-order valence-corrected chi connectivity index (χ1v) is 15.9. The van der Waals surface area contributed by atoms with Gasteiger partial charge in [-0.25, -0.2) is 9.97 Å². The number of aromatic nitrogens is 2. The fourth-order valence-corrected chi connectivity index (χ4v) is 6.83. The molecule has 46 heavy (non-hydrogen) atoms. The van der Waals surface area contributed by atoms with E-state index in [2.05, 4.69) is 129 Å². The fourth-order valence-electron chi connectivity index (χ4n) is 6.83. The van der Waals surface area contributed by atoms with Gasteiger partial charge in [-0.15, -0.1) is 0 Å². The molecule has 0 N–H and O–H groups in total. The third kappa shape index (κ3) is 4.28. The van der Waals surface area contributed by atoms with Crippen LogP contribution >= 0.6 is 0 Å². The summed E-state index contributed by atoms with van der Waals surface area (Å²) < 4.78 is 6.44. The molecule has 0 atom stereocenters. The van der Waals surface area contributed by atoms with Gasteiger partial charge in [-0.3, -0.25) is 0 Å². The molecule has 0 spiro atoms. The summed E-state index contributed by atoms with van der Waals surface area (Å²) in [6.07, 6.45) is 0. The summed E-state index contributed by atoms with van der Waals surface area (Å²) in [5.41, 5.74) is 8.08. The Labute approximate surface area is 266 Å². The van der Waals surface area contributed by atoms with Gasteiger partial charge < -0.3 is 4.42 Å². The van der Waals surface area contributed by atoms with Crippen molar-refractivity contribution in [2.75, 3.05) is 0 Å². The zero-order chi connectivity index (χ0) is 30.8. The van der Waals surface area contributed by atoms with E-state index in [1.54, 1.807) is 0 Å². The molecule has 0 aliphatic carbocycles. The van der Waals surface area contributed by atoms with E-state index >= 15 is 0 Å². The van der Waals surface area contributed by atoms with Gasteiger partial charge in [-0.05, 0) is 80.2 Å². The zero-order valence-corrected chi connectivity index (χ0v) is 25.7. The molecule has 9 rings (SSSR count). The van der Waals surface area contributed by atoms with Gasteiger partial charge in [0.05, 0.1) is 11.4 Å². The number of nitrogens with zero attached hydrogens (tertiary/aromatic N) is 2. The van der Waals surface area contributed by atoms with Gasteiger partial charge in [0.1, 0.15) is 11.2 Å². The van der Waals surface area contributed by atoms with Crippen molar-refractivity contribution in [1.29, 1.82) is 0 Å². The van der Waals surface area contributed by atoms with E-state index in [1.807, 2.05) is 24.3 Å². The van der Waals surface area contributed by atoms with Crippen LogP contribution in [0.2, 0.25) is 0 Å². The van der Waals surface area contributed by atoms with Gasteiger partial charge in [-0.2, -0.15) is 0 Å². The monoisotopic (exact) mass is 590 g/mol. The second kappa shape index (κ2) is 10.4. The molecule has 0 radical (unpaired) electrons. The fraction of sp³-hybridized carbons (Fsp3) is 0.0698. The molecule has 218 valence electrons. The van der Waals surface area contributed by atoms with Crippen LogP contribution in [-0.2, 0) is 0 Å². The number of hydrogen-bond donors (Lipinski definition) is 0. The zero-order valence-electron chi connectivity index (χ0n) is 25.7. The molecule has 2 heterocycles. The molecule has 0 bridgehead atoms. The number of benzene rings is 7. The molecule has 0 aliphatic rings. The Morgan fingerprint density at radius 2 is 1.00 bits per heavy atom. The molecule has 9 aromatic rings. The van der Waals surface area contributed by atoms with Crippen molar-refractivity contribution in [3.8, 4) is 33.9 Å². The molecule has 0 unspecified atom stereocenters. The van der Waals surface area contributed by atoms with Gasteiger partial charge in [0.2, 0.25) is 0 Å². The summed E-state index contributed by atoms with van der Waals surface area (Å²) >= 11 is 0. The summed E-state index contributed by atoms with van der Waals surface area (Å²) in [4.78, 5) is 10.1. The van der Waals surface area contributed by atoms with Crippen molar-refractivity contribution < 1.29 is 4.42 Å². The lowest BCUT2D eigenvalue weighted by atomic mass is 9.91. The second-order valence-electron chi connectivity index (χ2n) is 12.4. The van der Waals surface area contributed by atoms with Crippen LogP contribution in [-0.4, -0.2) is 9.97 Å². The minimum absolute atomic E-state index is 0.455. The van der Waals surface area contributed by atoms with Crippen LogP contribution in [0.4, 0.5) is 0 Å². The predicted octanol–water partition coefficient (Wildman–Crippen LogP) is 12.0. The van der Waals surface area contributed by atoms with E-state index in [-0.39, 0.29) is 0 Å². The van der Waals surface area contributed by atoms with Crippen LogP contribution in [0.5, 0.6) is 0 Å². The van der Waals surface area contributed by atoms with E-state index in [0.29, 0.717) is 11.7 Å². The van der Waals surface area contributed by atoms with Crippen LogP contribution in [0.1, 0.15) is 25.3 Å². The van der Waals surface area contributed by atoms with Crippen molar-refractivity contribution in [1.82, 2.24) is 9.97 Å². The Bertz CT molecular complexity index is 2540. The molecule has 3 heteroatoms. The maximum Gasteiger partial charge on any atom is 0.160 e. The number of hydrogen-bond acceptors (Lipinski definition) is 3. The lowest BCUT2D eigenvalue weighted by Crippen LogP contribution is -1.96. The Morgan fingerprint density at radius 1 is 0.413 bits per heavy atom. The molecule has 0 amide bonds. The van der Waals surface area contributed by atoms with Crippen LogP contribution in [0, 0.1) is 0 Å². The van der Waals surface area contributed by atoms with Gasteiger partial charge in [-0.1, -0.05) is 117 Å². The summed E-state index contributed by atoms with van der Waals surface area (Å²) in [5, 5.41) is 9.61.